The molecule has 0 spiro atoms. The van der Waals surface area contributed by atoms with Gasteiger partial charge < -0.3 is 10.6 Å². The third-order valence-electron chi connectivity index (χ3n) is 3.42. The lowest BCUT2D eigenvalue weighted by Crippen LogP contribution is -2.57. The summed E-state index contributed by atoms with van der Waals surface area (Å²) in [5.74, 6) is 0.121. The van der Waals surface area contributed by atoms with E-state index in [4.69, 9.17) is 0 Å². The molecule has 0 aromatic heterocycles. The van der Waals surface area contributed by atoms with Gasteiger partial charge in [-0.1, -0.05) is 12.8 Å². The zero-order valence-corrected chi connectivity index (χ0v) is 8.23. The van der Waals surface area contributed by atoms with Crippen molar-refractivity contribution in [2.45, 2.75) is 50.6 Å². The monoisotopic (exact) mass is 182 g/mol. The zero-order chi connectivity index (χ0) is 9.31. The van der Waals surface area contributed by atoms with Gasteiger partial charge in [0.1, 0.15) is 0 Å². The fourth-order valence-electron chi connectivity index (χ4n) is 2.87. The van der Waals surface area contributed by atoms with Crippen LogP contribution in [0.2, 0.25) is 0 Å². The largest absolute Gasteiger partial charge is 0.349 e. The first kappa shape index (κ1) is 9.00. The maximum Gasteiger partial charge on any atom is 0.217 e. The first-order chi connectivity index (χ1) is 6.23. The molecule has 1 saturated carbocycles. The molecule has 13 heavy (non-hydrogen) atoms. The summed E-state index contributed by atoms with van der Waals surface area (Å²) in [6.45, 7) is 2.68. The molecule has 3 nitrogen and oxygen atoms in total. The van der Waals surface area contributed by atoms with E-state index in [9.17, 15) is 4.79 Å². The molecule has 2 aliphatic rings. The molecule has 0 bridgehead atoms. The number of fused-ring (bicyclic) bond motifs is 1. The number of hydrogen-bond donors (Lipinski definition) is 2. The van der Waals surface area contributed by atoms with Gasteiger partial charge in [0, 0.05) is 13.0 Å². The van der Waals surface area contributed by atoms with Crippen LogP contribution in [0.3, 0.4) is 0 Å². The highest BCUT2D eigenvalue weighted by Gasteiger charge is 2.44. The quantitative estimate of drug-likeness (QED) is 0.629. The Bertz CT molecular complexity index is 217. The second-order valence-electron chi connectivity index (χ2n) is 4.34. The number of amides is 1. The van der Waals surface area contributed by atoms with Crippen molar-refractivity contribution in [3.8, 4) is 0 Å². The van der Waals surface area contributed by atoms with Crippen LogP contribution in [0, 0.1) is 0 Å². The molecule has 2 atom stereocenters. The van der Waals surface area contributed by atoms with Gasteiger partial charge in [-0.3, -0.25) is 4.79 Å². The summed E-state index contributed by atoms with van der Waals surface area (Å²) in [5, 5.41) is 6.65. The van der Waals surface area contributed by atoms with Gasteiger partial charge in [0.15, 0.2) is 0 Å². The summed E-state index contributed by atoms with van der Waals surface area (Å²) in [6, 6.07) is 0.533. The van der Waals surface area contributed by atoms with Gasteiger partial charge in [-0.25, -0.2) is 0 Å². The highest BCUT2D eigenvalue weighted by atomic mass is 16.1. The minimum absolute atomic E-state index is 0.101. The average Bonchev–Trinajstić information content (AvgIpc) is 2.45. The van der Waals surface area contributed by atoms with Crippen LogP contribution in [0.1, 0.15) is 39.0 Å². The van der Waals surface area contributed by atoms with E-state index >= 15 is 0 Å². The highest BCUT2D eigenvalue weighted by Crippen LogP contribution is 2.34. The van der Waals surface area contributed by atoms with Crippen molar-refractivity contribution in [1.29, 1.82) is 0 Å². The molecule has 1 saturated heterocycles. The summed E-state index contributed by atoms with van der Waals surface area (Å²) >= 11 is 0. The standard InChI is InChI=1S/C10H18N2O/c1-8(13)12-10-5-3-2-4-9(10)11-7-6-10/h9,11H,2-7H2,1H3,(H,12,13). The molecule has 1 heterocycles. The van der Waals surface area contributed by atoms with Gasteiger partial charge in [-0.15, -0.1) is 0 Å². The molecule has 2 N–H and O–H groups in total. The molecular weight excluding hydrogens is 164 g/mol. The Labute approximate surface area is 79.3 Å². The predicted molar refractivity (Wildman–Crippen MR) is 51.4 cm³/mol. The van der Waals surface area contributed by atoms with Crippen molar-refractivity contribution >= 4 is 5.91 Å². The summed E-state index contributed by atoms with van der Waals surface area (Å²) in [6.07, 6.45) is 6.05. The van der Waals surface area contributed by atoms with Gasteiger partial charge in [-0.05, 0) is 25.8 Å². The minimum Gasteiger partial charge on any atom is -0.349 e. The topological polar surface area (TPSA) is 41.1 Å². The van der Waals surface area contributed by atoms with Crippen molar-refractivity contribution in [3.63, 3.8) is 0 Å². The van der Waals surface area contributed by atoms with Crippen molar-refractivity contribution < 1.29 is 4.79 Å². The summed E-state index contributed by atoms with van der Waals surface area (Å²) in [4.78, 5) is 11.1. The van der Waals surface area contributed by atoms with E-state index in [0.29, 0.717) is 6.04 Å². The van der Waals surface area contributed by atoms with Gasteiger partial charge in [0.05, 0.1) is 5.54 Å². The van der Waals surface area contributed by atoms with Gasteiger partial charge in [0.2, 0.25) is 5.91 Å². The van der Waals surface area contributed by atoms with E-state index in [1.54, 1.807) is 6.92 Å². The molecule has 0 aromatic carbocycles. The van der Waals surface area contributed by atoms with Gasteiger partial charge in [0.25, 0.3) is 0 Å². The van der Waals surface area contributed by atoms with Crippen molar-refractivity contribution in [2.24, 2.45) is 0 Å². The lowest BCUT2D eigenvalue weighted by Gasteiger charge is -2.39. The Hall–Kier alpha value is -0.570. The van der Waals surface area contributed by atoms with Crippen molar-refractivity contribution in [2.75, 3.05) is 6.54 Å². The number of carbonyl (C=O) groups excluding carboxylic acids is 1. The van der Waals surface area contributed by atoms with E-state index < -0.39 is 0 Å². The lowest BCUT2D eigenvalue weighted by atomic mass is 9.78. The molecular formula is C10H18N2O. The Morgan fingerprint density at radius 2 is 2.31 bits per heavy atom. The molecule has 3 heteroatoms. The number of nitrogens with one attached hydrogen (secondary N) is 2. The first-order valence-electron chi connectivity index (χ1n) is 5.25. The molecule has 0 radical (unpaired) electrons. The van der Waals surface area contributed by atoms with Crippen LogP contribution in [-0.2, 0) is 4.79 Å². The molecule has 2 rings (SSSR count). The third kappa shape index (κ3) is 1.57. The van der Waals surface area contributed by atoms with Crippen LogP contribution in [0.5, 0.6) is 0 Å². The Balaban J connectivity index is 2.11. The Morgan fingerprint density at radius 3 is 3.08 bits per heavy atom. The van der Waals surface area contributed by atoms with Crippen LogP contribution in [0.25, 0.3) is 0 Å². The van der Waals surface area contributed by atoms with E-state index in [1.807, 2.05) is 0 Å². The van der Waals surface area contributed by atoms with Crippen LogP contribution < -0.4 is 10.6 Å². The lowest BCUT2D eigenvalue weighted by molar-refractivity contribution is -0.121. The summed E-state index contributed by atoms with van der Waals surface area (Å²) < 4.78 is 0. The van der Waals surface area contributed by atoms with Crippen LogP contribution in [0.4, 0.5) is 0 Å². The molecule has 74 valence electrons. The van der Waals surface area contributed by atoms with Crippen molar-refractivity contribution in [3.05, 3.63) is 0 Å². The number of carbonyl (C=O) groups is 1. The minimum atomic E-state index is 0.101. The summed E-state index contributed by atoms with van der Waals surface area (Å²) in [7, 11) is 0. The second-order valence-corrected chi connectivity index (χ2v) is 4.34. The maximum atomic E-state index is 11.1. The molecule has 2 unspecified atom stereocenters. The number of rotatable bonds is 1. The molecule has 1 aliphatic heterocycles. The van der Waals surface area contributed by atoms with Crippen molar-refractivity contribution in [1.82, 2.24) is 10.6 Å². The van der Waals surface area contributed by atoms with Gasteiger partial charge in [-0.2, -0.15) is 0 Å². The fraction of sp³-hybridized carbons (Fsp3) is 0.900. The normalized spacial score (nSPS) is 38.4. The molecule has 1 amide bonds. The third-order valence-corrected chi connectivity index (χ3v) is 3.42. The predicted octanol–water partition coefficient (Wildman–Crippen LogP) is 0.797. The van der Waals surface area contributed by atoms with Crippen LogP contribution in [-0.4, -0.2) is 24.0 Å². The first-order valence-corrected chi connectivity index (χ1v) is 5.25. The SMILES string of the molecule is CC(=O)NC12CCCCC1NCC2. The molecule has 0 aromatic rings. The number of hydrogen-bond acceptors (Lipinski definition) is 2. The van der Waals surface area contributed by atoms with E-state index in [2.05, 4.69) is 10.6 Å². The average molecular weight is 182 g/mol. The van der Waals surface area contributed by atoms with E-state index in [1.165, 1.54) is 19.3 Å². The fourth-order valence-corrected chi connectivity index (χ4v) is 2.87. The van der Waals surface area contributed by atoms with Gasteiger partial charge >= 0.3 is 0 Å². The smallest absolute Gasteiger partial charge is 0.217 e. The maximum absolute atomic E-state index is 11.1. The van der Waals surface area contributed by atoms with E-state index in [-0.39, 0.29) is 11.4 Å². The second kappa shape index (κ2) is 3.29. The Kier molecular flexibility index (Phi) is 2.28. The Morgan fingerprint density at radius 1 is 1.46 bits per heavy atom. The molecule has 2 fully saturated rings. The zero-order valence-electron chi connectivity index (χ0n) is 8.23. The van der Waals surface area contributed by atoms with Crippen LogP contribution >= 0.6 is 0 Å². The summed E-state index contributed by atoms with van der Waals surface area (Å²) in [5.41, 5.74) is 0.101. The van der Waals surface area contributed by atoms with Crippen LogP contribution in [0.15, 0.2) is 0 Å². The highest BCUT2D eigenvalue weighted by molar-refractivity contribution is 5.74. The van der Waals surface area contributed by atoms with E-state index in [0.717, 1.165) is 19.4 Å². The molecule has 1 aliphatic carbocycles.